The van der Waals surface area contributed by atoms with Crippen LogP contribution in [0.4, 0.5) is 0 Å². The lowest BCUT2D eigenvalue weighted by Crippen LogP contribution is -1.96. The van der Waals surface area contributed by atoms with Crippen molar-refractivity contribution in [1.29, 1.82) is 0 Å². The number of aryl methyl sites for hydroxylation is 1. The van der Waals surface area contributed by atoms with E-state index in [0.29, 0.717) is 11.3 Å². The van der Waals surface area contributed by atoms with Gasteiger partial charge in [-0.1, -0.05) is 13.8 Å². The molecule has 1 aromatic heterocycles. The fraction of sp³-hybridized carbons (Fsp3) is 0.286. The number of imidazole rings is 1. The molecule has 0 aliphatic rings. The maximum absolute atomic E-state index is 10.7. The Kier molecular flexibility index (Phi) is 5.11. The maximum Gasteiger partial charge on any atom is 0.150 e. The molecule has 0 aliphatic heterocycles. The third kappa shape index (κ3) is 2.97. The molecule has 1 heterocycles. The normalized spacial score (nSPS) is 9.33. The minimum atomic E-state index is 0.595. The zero-order valence-electron chi connectivity index (χ0n) is 11.2. The van der Waals surface area contributed by atoms with Gasteiger partial charge in [0.05, 0.1) is 24.8 Å². The molecule has 0 saturated carbocycles. The number of aldehydes is 1. The Hall–Kier alpha value is -2.10. The van der Waals surface area contributed by atoms with Crippen molar-refractivity contribution in [3.05, 3.63) is 42.0 Å². The van der Waals surface area contributed by atoms with Gasteiger partial charge in [0.2, 0.25) is 0 Å². The molecular formula is C14H18N2O2. The highest BCUT2D eigenvalue weighted by molar-refractivity contribution is 5.76. The van der Waals surface area contributed by atoms with Crippen LogP contribution >= 0.6 is 0 Å². The molecule has 0 fully saturated rings. The van der Waals surface area contributed by atoms with Crippen LogP contribution in [0.15, 0.2) is 30.7 Å². The van der Waals surface area contributed by atoms with Crippen LogP contribution in [0.1, 0.15) is 29.9 Å². The van der Waals surface area contributed by atoms with Crippen molar-refractivity contribution in [2.45, 2.75) is 20.8 Å². The van der Waals surface area contributed by atoms with Crippen molar-refractivity contribution in [3.63, 3.8) is 0 Å². The number of carbonyl (C=O) groups excluding carboxylic acids is 1. The molecule has 0 amide bonds. The second-order valence-electron chi connectivity index (χ2n) is 3.47. The van der Waals surface area contributed by atoms with E-state index in [-0.39, 0.29) is 0 Å². The molecule has 2 rings (SSSR count). The summed E-state index contributed by atoms with van der Waals surface area (Å²) < 4.78 is 7.11. The van der Waals surface area contributed by atoms with Crippen LogP contribution in [0, 0.1) is 6.92 Å². The van der Waals surface area contributed by atoms with Gasteiger partial charge in [-0.15, -0.1) is 0 Å². The first-order valence-electron chi connectivity index (χ1n) is 5.89. The summed E-state index contributed by atoms with van der Waals surface area (Å²) in [5.74, 6) is 0.655. The van der Waals surface area contributed by atoms with Gasteiger partial charge in [-0.3, -0.25) is 4.79 Å². The molecule has 0 radical (unpaired) electrons. The lowest BCUT2D eigenvalue weighted by atomic mass is 10.2. The van der Waals surface area contributed by atoms with Crippen LogP contribution in [0.5, 0.6) is 5.75 Å². The number of hydrogen-bond donors (Lipinski definition) is 0. The van der Waals surface area contributed by atoms with Crippen molar-refractivity contribution < 1.29 is 9.53 Å². The molecule has 2 aromatic rings. The monoisotopic (exact) mass is 246 g/mol. The number of carbonyl (C=O) groups is 1. The van der Waals surface area contributed by atoms with E-state index in [1.54, 1.807) is 25.6 Å². The molecule has 0 atom stereocenters. The Morgan fingerprint density at radius 1 is 1.33 bits per heavy atom. The summed E-state index contributed by atoms with van der Waals surface area (Å²) in [5.41, 5.74) is 2.40. The third-order valence-electron chi connectivity index (χ3n) is 2.33. The minimum Gasteiger partial charge on any atom is -0.495 e. The number of ether oxygens (including phenoxy) is 1. The molecule has 18 heavy (non-hydrogen) atoms. The van der Waals surface area contributed by atoms with Gasteiger partial charge in [-0.05, 0) is 25.1 Å². The number of aromatic nitrogens is 2. The number of nitrogens with zero attached hydrogens (tertiary/aromatic N) is 2. The molecule has 0 aliphatic carbocycles. The fourth-order valence-corrected chi connectivity index (χ4v) is 1.53. The lowest BCUT2D eigenvalue weighted by molar-refractivity contribution is 0.112. The van der Waals surface area contributed by atoms with Crippen LogP contribution in [-0.2, 0) is 0 Å². The summed E-state index contributed by atoms with van der Waals surface area (Å²) in [6, 6.07) is 5.29. The highest BCUT2D eigenvalue weighted by atomic mass is 16.5. The van der Waals surface area contributed by atoms with Crippen molar-refractivity contribution in [2.24, 2.45) is 0 Å². The summed E-state index contributed by atoms with van der Waals surface area (Å²) >= 11 is 0. The summed E-state index contributed by atoms with van der Waals surface area (Å²) in [6.07, 6.45) is 4.41. The predicted molar refractivity (Wildman–Crippen MR) is 71.6 cm³/mol. The van der Waals surface area contributed by atoms with Gasteiger partial charge in [0, 0.05) is 11.8 Å². The minimum absolute atomic E-state index is 0.595. The van der Waals surface area contributed by atoms with E-state index in [1.807, 2.05) is 37.6 Å². The molecule has 96 valence electrons. The standard InChI is InChI=1S/C12H12N2O2.C2H6/c1-9-6-14(8-13-9)11-4-3-10(7-15)5-12(11)16-2;1-2/h3-8H,1-2H3;1-2H3. The average Bonchev–Trinajstić information content (AvgIpc) is 2.86. The van der Waals surface area contributed by atoms with Crippen LogP contribution < -0.4 is 4.74 Å². The SMILES string of the molecule is CC.COc1cc(C=O)ccc1-n1cnc(C)c1. The summed E-state index contributed by atoms with van der Waals surface area (Å²) in [5, 5.41) is 0. The second kappa shape index (κ2) is 6.59. The summed E-state index contributed by atoms with van der Waals surface area (Å²) in [7, 11) is 1.58. The Morgan fingerprint density at radius 2 is 2.06 bits per heavy atom. The van der Waals surface area contributed by atoms with Gasteiger partial charge in [-0.25, -0.2) is 4.98 Å². The van der Waals surface area contributed by atoms with Crippen LogP contribution in [0.2, 0.25) is 0 Å². The van der Waals surface area contributed by atoms with Gasteiger partial charge in [0.25, 0.3) is 0 Å². The fourth-order valence-electron chi connectivity index (χ4n) is 1.53. The molecule has 0 spiro atoms. The smallest absolute Gasteiger partial charge is 0.150 e. The summed E-state index contributed by atoms with van der Waals surface area (Å²) in [6.45, 7) is 5.92. The van der Waals surface area contributed by atoms with Crippen molar-refractivity contribution in [2.75, 3.05) is 7.11 Å². The number of rotatable bonds is 3. The molecule has 0 saturated heterocycles. The molecule has 1 aromatic carbocycles. The van der Waals surface area contributed by atoms with Crippen LogP contribution in [0.3, 0.4) is 0 Å². The first kappa shape index (κ1) is 14.0. The lowest BCUT2D eigenvalue weighted by Gasteiger charge is -2.09. The van der Waals surface area contributed by atoms with Crippen molar-refractivity contribution in [3.8, 4) is 11.4 Å². The van der Waals surface area contributed by atoms with E-state index >= 15 is 0 Å². The molecule has 4 nitrogen and oxygen atoms in total. The van der Waals surface area contributed by atoms with Gasteiger partial charge in [0.1, 0.15) is 12.0 Å². The molecule has 4 heteroatoms. The number of methoxy groups -OCH3 is 1. The largest absolute Gasteiger partial charge is 0.495 e. The van der Waals surface area contributed by atoms with E-state index in [1.165, 1.54) is 0 Å². The van der Waals surface area contributed by atoms with E-state index < -0.39 is 0 Å². The summed E-state index contributed by atoms with van der Waals surface area (Å²) in [4.78, 5) is 14.8. The molecule has 0 N–H and O–H groups in total. The molecular weight excluding hydrogens is 228 g/mol. The van der Waals surface area contributed by atoms with E-state index in [4.69, 9.17) is 4.74 Å². The highest BCUT2D eigenvalue weighted by Crippen LogP contribution is 2.23. The van der Waals surface area contributed by atoms with E-state index in [0.717, 1.165) is 17.7 Å². The van der Waals surface area contributed by atoms with Crippen LogP contribution in [-0.4, -0.2) is 22.9 Å². The van der Waals surface area contributed by atoms with Gasteiger partial charge in [-0.2, -0.15) is 0 Å². The topological polar surface area (TPSA) is 44.1 Å². The zero-order chi connectivity index (χ0) is 13.5. The quantitative estimate of drug-likeness (QED) is 0.782. The van der Waals surface area contributed by atoms with E-state index in [9.17, 15) is 4.79 Å². The predicted octanol–water partition coefficient (Wildman–Crippen LogP) is 3.03. The first-order valence-corrected chi connectivity index (χ1v) is 5.89. The van der Waals surface area contributed by atoms with Gasteiger partial charge < -0.3 is 9.30 Å². The maximum atomic E-state index is 10.7. The molecule has 0 unspecified atom stereocenters. The van der Waals surface area contributed by atoms with Gasteiger partial charge in [0.15, 0.2) is 0 Å². The Balaban J connectivity index is 0.000000771. The van der Waals surface area contributed by atoms with Crippen molar-refractivity contribution in [1.82, 2.24) is 9.55 Å². The van der Waals surface area contributed by atoms with Crippen molar-refractivity contribution >= 4 is 6.29 Å². The first-order chi connectivity index (χ1) is 8.74. The average molecular weight is 246 g/mol. The number of benzene rings is 1. The highest BCUT2D eigenvalue weighted by Gasteiger charge is 2.06. The van der Waals surface area contributed by atoms with E-state index in [2.05, 4.69) is 4.98 Å². The third-order valence-corrected chi connectivity index (χ3v) is 2.33. The number of hydrogen-bond acceptors (Lipinski definition) is 3. The Bertz CT molecular complexity index is 518. The van der Waals surface area contributed by atoms with Crippen LogP contribution in [0.25, 0.3) is 5.69 Å². The second-order valence-corrected chi connectivity index (χ2v) is 3.47. The van der Waals surface area contributed by atoms with Gasteiger partial charge >= 0.3 is 0 Å². The zero-order valence-corrected chi connectivity index (χ0v) is 11.2. The Labute approximate surface area is 107 Å². The molecule has 0 bridgehead atoms. The Morgan fingerprint density at radius 3 is 2.56 bits per heavy atom.